The lowest BCUT2D eigenvalue weighted by molar-refractivity contribution is -0.132. The van der Waals surface area contributed by atoms with Crippen LogP contribution in [0.15, 0.2) is 42.7 Å². The molecule has 0 fully saturated rings. The number of amides is 1. The quantitative estimate of drug-likeness (QED) is 0.751. The van der Waals surface area contributed by atoms with Gasteiger partial charge in [0.15, 0.2) is 0 Å². The van der Waals surface area contributed by atoms with E-state index < -0.39 is 0 Å². The zero-order valence-electron chi connectivity index (χ0n) is 14.1. The topological polar surface area (TPSA) is 47.4 Å². The third-order valence-corrected chi connectivity index (χ3v) is 3.83. The van der Waals surface area contributed by atoms with Crippen LogP contribution in [0.4, 0.5) is 0 Å². The Balaban J connectivity index is 1.99. The standard InChI is InChI=1S/C18H25N3O2/c1-4-11-20(14-16-6-8-17(23-3)9-7-16)18(22)13-15(2)21-12-5-10-19-21/h5-10,12,15H,4,11,13-14H2,1-3H3/t15-/m1/s1. The molecule has 0 bridgehead atoms. The van der Waals surface area contributed by atoms with Gasteiger partial charge in [-0.2, -0.15) is 5.10 Å². The average Bonchev–Trinajstić information content (AvgIpc) is 3.09. The SMILES string of the molecule is CCCN(Cc1ccc(OC)cc1)C(=O)C[C@@H](C)n1cccn1. The summed E-state index contributed by atoms with van der Waals surface area (Å²) < 4.78 is 7.00. The van der Waals surface area contributed by atoms with Crippen molar-refractivity contribution in [3.05, 3.63) is 48.3 Å². The maximum absolute atomic E-state index is 12.6. The van der Waals surface area contributed by atoms with E-state index in [1.54, 1.807) is 13.3 Å². The summed E-state index contributed by atoms with van der Waals surface area (Å²) in [5.41, 5.74) is 1.11. The van der Waals surface area contributed by atoms with Gasteiger partial charge in [-0.1, -0.05) is 19.1 Å². The monoisotopic (exact) mass is 315 g/mol. The van der Waals surface area contributed by atoms with Crippen molar-refractivity contribution < 1.29 is 9.53 Å². The number of carbonyl (C=O) groups excluding carboxylic acids is 1. The van der Waals surface area contributed by atoms with Gasteiger partial charge >= 0.3 is 0 Å². The first-order valence-corrected chi connectivity index (χ1v) is 8.04. The van der Waals surface area contributed by atoms with Crippen LogP contribution in [0.5, 0.6) is 5.75 Å². The number of rotatable bonds is 8. The van der Waals surface area contributed by atoms with Gasteiger partial charge in [0.25, 0.3) is 0 Å². The Bertz CT molecular complexity index is 593. The zero-order valence-corrected chi connectivity index (χ0v) is 14.1. The molecule has 5 nitrogen and oxygen atoms in total. The van der Waals surface area contributed by atoms with E-state index in [2.05, 4.69) is 12.0 Å². The molecule has 0 spiro atoms. The predicted octanol–water partition coefficient (Wildman–Crippen LogP) is 3.28. The Morgan fingerprint density at radius 1 is 1.35 bits per heavy atom. The number of benzene rings is 1. The first-order valence-electron chi connectivity index (χ1n) is 8.04. The second-order valence-corrected chi connectivity index (χ2v) is 5.70. The molecule has 1 heterocycles. The molecule has 0 aliphatic heterocycles. The van der Waals surface area contributed by atoms with Crippen molar-refractivity contribution in [2.45, 2.75) is 39.3 Å². The molecule has 1 aromatic heterocycles. The van der Waals surface area contributed by atoms with Crippen LogP contribution < -0.4 is 4.74 Å². The summed E-state index contributed by atoms with van der Waals surface area (Å²) in [6, 6.07) is 9.80. The number of nitrogens with zero attached hydrogens (tertiary/aromatic N) is 3. The van der Waals surface area contributed by atoms with Gasteiger partial charge in [0.05, 0.1) is 13.2 Å². The van der Waals surface area contributed by atoms with Crippen LogP contribution in [0, 0.1) is 0 Å². The highest BCUT2D eigenvalue weighted by Crippen LogP contribution is 2.16. The van der Waals surface area contributed by atoms with Crippen molar-refractivity contribution in [3.63, 3.8) is 0 Å². The van der Waals surface area contributed by atoms with Crippen LogP contribution >= 0.6 is 0 Å². The maximum atomic E-state index is 12.6. The van der Waals surface area contributed by atoms with Crippen molar-refractivity contribution in [2.75, 3.05) is 13.7 Å². The van der Waals surface area contributed by atoms with Crippen LogP contribution in [0.3, 0.4) is 0 Å². The van der Waals surface area contributed by atoms with E-state index in [0.717, 1.165) is 24.3 Å². The van der Waals surface area contributed by atoms with Gasteiger partial charge in [-0.15, -0.1) is 0 Å². The van der Waals surface area contributed by atoms with Gasteiger partial charge in [0, 0.05) is 31.9 Å². The number of ether oxygens (including phenoxy) is 1. The lowest BCUT2D eigenvalue weighted by atomic mass is 10.1. The molecular formula is C18H25N3O2. The van der Waals surface area contributed by atoms with Gasteiger partial charge in [0.2, 0.25) is 5.91 Å². The van der Waals surface area contributed by atoms with E-state index in [0.29, 0.717) is 13.0 Å². The summed E-state index contributed by atoms with van der Waals surface area (Å²) in [5.74, 6) is 0.986. The lowest BCUT2D eigenvalue weighted by Crippen LogP contribution is -2.32. The highest BCUT2D eigenvalue weighted by atomic mass is 16.5. The summed E-state index contributed by atoms with van der Waals surface area (Å²) in [7, 11) is 1.65. The maximum Gasteiger partial charge on any atom is 0.225 e. The van der Waals surface area contributed by atoms with Gasteiger partial charge < -0.3 is 9.64 Å². The van der Waals surface area contributed by atoms with Crippen molar-refractivity contribution >= 4 is 5.91 Å². The Morgan fingerprint density at radius 3 is 2.65 bits per heavy atom. The minimum atomic E-state index is 0.0627. The molecule has 0 aliphatic rings. The Hall–Kier alpha value is -2.30. The van der Waals surface area contributed by atoms with Gasteiger partial charge in [-0.25, -0.2) is 0 Å². The van der Waals surface area contributed by atoms with Gasteiger partial charge in [0.1, 0.15) is 5.75 Å². The molecule has 5 heteroatoms. The molecule has 0 saturated carbocycles. The van der Waals surface area contributed by atoms with Crippen LogP contribution in [0.25, 0.3) is 0 Å². The van der Waals surface area contributed by atoms with E-state index in [9.17, 15) is 4.79 Å². The van der Waals surface area contributed by atoms with Crippen LogP contribution in [-0.4, -0.2) is 34.2 Å². The molecular weight excluding hydrogens is 290 g/mol. The number of hydrogen-bond donors (Lipinski definition) is 0. The first-order chi connectivity index (χ1) is 11.1. The number of methoxy groups -OCH3 is 1. The second kappa shape index (κ2) is 8.36. The third kappa shape index (κ3) is 4.84. The van der Waals surface area contributed by atoms with E-state index >= 15 is 0 Å². The van der Waals surface area contributed by atoms with Crippen molar-refractivity contribution in [1.29, 1.82) is 0 Å². The van der Waals surface area contributed by atoms with E-state index in [1.165, 1.54) is 0 Å². The molecule has 2 aromatic rings. The van der Waals surface area contributed by atoms with Crippen molar-refractivity contribution in [3.8, 4) is 5.75 Å². The molecule has 0 saturated heterocycles. The minimum absolute atomic E-state index is 0.0627. The molecule has 1 atom stereocenters. The van der Waals surface area contributed by atoms with Gasteiger partial charge in [-0.05, 0) is 37.1 Å². The molecule has 1 amide bonds. The fourth-order valence-electron chi connectivity index (χ4n) is 2.53. The Labute approximate surface area is 137 Å². The highest BCUT2D eigenvalue weighted by Gasteiger charge is 2.17. The highest BCUT2D eigenvalue weighted by molar-refractivity contribution is 5.76. The molecule has 124 valence electrons. The Kier molecular flexibility index (Phi) is 6.20. The van der Waals surface area contributed by atoms with Crippen LogP contribution in [0.1, 0.15) is 38.3 Å². The van der Waals surface area contributed by atoms with Crippen LogP contribution in [-0.2, 0) is 11.3 Å². The summed E-state index contributed by atoms with van der Waals surface area (Å²) in [6.45, 7) is 5.49. The summed E-state index contributed by atoms with van der Waals surface area (Å²) in [5, 5.41) is 4.21. The molecule has 0 aliphatic carbocycles. The van der Waals surface area contributed by atoms with E-state index in [4.69, 9.17) is 4.74 Å². The normalized spacial score (nSPS) is 12.0. The molecule has 2 rings (SSSR count). The van der Waals surface area contributed by atoms with Crippen LogP contribution in [0.2, 0.25) is 0 Å². The third-order valence-electron chi connectivity index (χ3n) is 3.83. The smallest absolute Gasteiger partial charge is 0.225 e. The fraction of sp³-hybridized carbons (Fsp3) is 0.444. The summed E-state index contributed by atoms with van der Waals surface area (Å²) in [4.78, 5) is 14.5. The van der Waals surface area contributed by atoms with E-state index in [1.807, 2.05) is 53.0 Å². The summed E-state index contributed by atoms with van der Waals surface area (Å²) >= 11 is 0. The lowest BCUT2D eigenvalue weighted by Gasteiger charge is -2.24. The number of hydrogen-bond acceptors (Lipinski definition) is 3. The molecule has 23 heavy (non-hydrogen) atoms. The second-order valence-electron chi connectivity index (χ2n) is 5.70. The molecule has 1 aromatic carbocycles. The zero-order chi connectivity index (χ0) is 16.7. The molecule has 0 N–H and O–H groups in total. The van der Waals surface area contributed by atoms with Gasteiger partial charge in [-0.3, -0.25) is 9.48 Å². The van der Waals surface area contributed by atoms with Crippen molar-refractivity contribution in [2.24, 2.45) is 0 Å². The summed E-state index contributed by atoms with van der Waals surface area (Å²) in [6.07, 6.45) is 5.03. The number of aromatic nitrogens is 2. The average molecular weight is 315 g/mol. The Morgan fingerprint density at radius 2 is 2.09 bits per heavy atom. The molecule has 0 radical (unpaired) electrons. The predicted molar refractivity (Wildman–Crippen MR) is 90.3 cm³/mol. The minimum Gasteiger partial charge on any atom is -0.497 e. The fourth-order valence-corrected chi connectivity index (χ4v) is 2.53. The number of carbonyl (C=O) groups is 1. The largest absolute Gasteiger partial charge is 0.497 e. The van der Waals surface area contributed by atoms with Crippen molar-refractivity contribution in [1.82, 2.24) is 14.7 Å². The van der Waals surface area contributed by atoms with E-state index in [-0.39, 0.29) is 11.9 Å². The first kappa shape index (κ1) is 17.1. The molecule has 0 unspecified atom stereocenters.